The number of ether oxygens (including phenoxy) is 1. The number of aromatic nitrogens is 2. The van der Waals surface area contributed by atoms with Crippen molar-refractivity contribution in [2.45, 2.75) is 83.2 Å². The van der Waals surface area contributed by atoms with Gasteiger partial charge < -0.3 is 19.4 Å². The number of aldehydes is 1. The normalized spacial score (nSPS) is 17.6. The number of likely N-dealkylation sites (tertiary alicyclic amines) is 1. The van der Waals surface area contributed by atoms with Crippen LogP contribution in [0.1, 0.15) is 92.1 Å². The van der Waals surface area contributed by atoms with Crippen molar-refractivity contribution in [3.05, 3.63) is 94.0 Å². The Bertz CT molecular complexity index is 2400. The summed E-state index contributed by atoms with van der Waals surface area (Å²) in [6.45, 7) is 10.5. The van der Waals surface area contributed by atoms with Crippen LogP contribution in [0.2, 0.25) is 5.02 Å². The van der Waals surface area contributed by atoms with Crippen LogP contribution < -0.4 is 15.0 Å². The maximum atomic E-state index is 16.4. The first-order valence-corrected chi connectivity index (χ1v) is 22.5. The van der Waals surface area contributed by atoms with E-state index in [0.717, 1.165) is 64.6 Å². The van der Waals surface area contributed by atoms with Crippen molar-refractivity contribution >= 4 is 52.3 Å². The van der Waals surface area contributed by atoms with Crippen molar-refractivity contribution < 1.29 is 37.1 Å². The third-order valence-electron chi connectivity index (χ3n) is 12.7. The number of amides is 3. The second-order valence-corrected chi connectivity index (χ2v) is 17.5. The number of hydrogen-bond acceptors (Lipinski definition) is 10. The van der Waals surface area contributed by atoms with Crippen LogP contribution in [-0.2, 0) is 20.9 Å². The van der Waals surface area contributed by atoms with Crippen LogP contribution in [0.4, 0.5) is 19.0 Å². The number of nitrogens with one attached hydrogen (secondary N) is 1. The first-order valence-electron chi connectivity index (χ1n) is 22.1. The number of rotatable bonds is 17. The Balaban J connectivity index is 0.869. The van der Waals surface area contributed by atoms with E-state index in [0.29, 0.717) is 73.4 Å². The molecule has 0 saturated carbocycles. The van der Waals surface area contributed by atoms with E-state index < -0.39 is 17.7 Å². The summed E-state index contributed by atoms with van der Waals surface area (Å²) >= 11 is 6.74. The summed E-state index contributed by atoms with van der Waals surface area (Å²) in [5, 5.41) is 2.75. The SMILES string of the molecule is C=C(C)C(=O)N1CCN(c2ncnc3c(F)c(-c4c(F)cccc4OCCCCCCCN4CCC(c5cc(CN(C)C6CCC(=O)NC6=O)c(C=O)cc5F)CC4)c(Cl)cc23)CC1. The number of unbranched alkanes of at least 4 members (excludes halogenated alkanes) is 4. The molecule has 7 rings (SSSR count). The van der Waals surface area contributed by atoms with Gasteiger partial charge in [-0.3, -0.25) is 29.4 Å². The number of halogens is 4. The second-order valence-electron chi connectivity index (χ2n) is 17.1. The number of piperidine rings is 2. The third-order valence-corrected chi connectivity index (χ3v) is 13.0. The van der Waals surface area contributed by atoms with Gasteiger partial charge in [0.05, 0.1) is 23.2 Å². The largest absolute Gasteiger partial charge is 0.493 e. The van der Waals surface area contributed by atoms with Crippen LogP contribution in [0, 0.1) is 17.5 Å². The fraction of sp³-hybridized carbons (Fsp3) is 0.458. The average Bonchev–Trinajstić information content (AvgIpc) is 3.28. The molecule has 4 heterocycles. The van der Waals surface area contributed by atoms with E-state index in [1.54, 1.807) is 37.1 Å². The van der Waals surface area contributed by atoms with Gasteiger partial charge in [0.1, 0.15) is 41.3 Å². The molecule has 3 saturated heterocycles. The highest BCUT2D eigenvalue weighted by Crippen LogP contribution is 2.43. The van der Waals surface area contributed by atoms with Gasteiger partial charge in [-0.1, -0.05) is 49.6 Å². The Morgan fingerprint density at radius 2 is 1.69 bits per heavy atom. The van der Waals surface area contributed by atoms with Gasteiger partial charge in [-0.2, -0.15) is 0 Å². The van der Waals surface area contributed by atoms with E-state index in [-0.39, 0.29) is 75.4 Å². The number of anilines is 1. The summed E-state index contributed by atoms with van der Waals surface area (Å²) in [6, 6.07) is 8.52. The number of benzene rings is 3. The zero-order valence-corrected chi connectivity index (χ0v) is 37.2. The smallest absolute Gasteiger partial charge is 0.249 e. The van der Waals surface area contributed by atoms with Gasteiger partial charge in [0, 0.05) is 61.2 Å². The summed E-state index contributed by atoms with van der Waals surface area (Å²) in [4.78, 5) is 64.9. The van der Waals surface area contributed by atoms with E-state index in [1.807, 2.05) is 9.80 Å². The lowest BCUT2D eigenvalue weighted by Crippen LogP contribution is -2.51. The van der Waals surface area contributed by atoms with E-state index in [2.05, 4.69) is 26.8 Å². The molecule has 0 spiro atoms. The van der Waals surface area contributed by atoms with E-state index >= 15 is 13.2 Å². The van der Waals surface area contributed by atoms with Crippen LogP contribution in [0.3, 0.4) is 0 Å². The number of likely N-dealkylation sites (N-methyl/N-ethyl adjacent to an activating group) is 1. The zero-order chi connectivity index (χ0) is 45.5. The van der Waals surface area contributed by atoms with Gasteiger partial charge in [-0.25, -0.2) is 23.1 Å². The number of hydrogen-bond donors (Lipinski definition) is 1. The molecule has 64 heavy (non-hydrogen) atoms. The van der Waals surface area contributed by atoms with Crippen molar-refractivity contribution in [1.29, 1.82) is 0 Å². The van der Waals surface area contributed by atoms with Crippen molar-refractivity contribution in [2.24, 2.45) is 0 Å². The summed E-state index contributed by atoms with van der Waals surface area (Å²) in [7, 11) is 1.77. The summed E-state index contributed by atoms with van der Waals surface area (Å²) in [6.07, 6.45) is 8.77. The fourth-order valence-corrected chi connectivity index (χ4v) is 9.45. The van der Waals surface area contributed by atoms with Gasteiger partial charge in [0.25, 0.3) is 0 Å². The van der Waals surface area contributed by atoms with Gasteiger partial charge >= 0.3 is 0 Å². The number of fused-ring (bicyclic) bond motifs is 1. The lowest BCUT2D eigenvalue weighted by atomic mass is 9.87. The number of carbonyl (C=O) groups excluding carboxylic acids is 4. The molecule has 3 amide bonds. The molecule has 340 valence electrons. The maximum Gasteiger partial charge on any atom is 0.249 e. The quantitative estimate of drug-likeness (QED) is 0.0485. The van der Waals surface area contributed by atoms with Crippen LogP contribution in [0.25, 0.3) is 22.0 Å². The minimum absolute atomic E-state index is 0.00191. The molecule has 3 aliphatic heterocycles. The van der Waals surface area contributed by atoms with Crippen LogP contribution in [0.15, 0.2) is 54.9 Å². The Labute approximate surface area is 376 Å². The maximum absolute atomic E-state index is 16.4. The van der Waals surface area contributed by atoms with Gasteiger partial charge in [-0.05, 0) is 107 Å². The first kappa shape index (κ1) is 46.6. The first-order chi connectivity index (χ1) is 30.8. The zero-order valence-electron chi connectivity index (χ0n) is 36.4. The lowest BCUT2D eigenvalue weighted by Gasteiger charge is -2.36. The molecule has 1 unspecified atom stereocenters. The standard InChI is InChI=1S/C48H55ClF3N7O5/c1-30(2)48(63)59-21-19-58(20-22-59)46-35-26-36(49)42(44(52)45(35)53-29-54-46)43-37(50)10-9-11-40(43)64-23-8-6-4-5-7-16-57-17-14-31(15-18-57)34-24-32(33(28-60)25-38(34)51)27-56(3)39-12-13-41(61)55-47(39)62/h9-11,24-26,28-29,31,39H,1,4-8,12-23,27H2,2-3H3,(H,55,61,62). The highest BCUT2D eigenvalue weighted by Gasteiger charge is 2.32. The average molecular weight is 902 g/mol. The second kappa shape index (κ2) is 21.1. The number of imide groups is 1. The Hall–Kier alpha value is -5.38. The predicted molar refractivity (Wildman–Crippen MR) is 240 cm³/mol. The monoisotopic (exact) mass is 901 g/mol. The van der Waals surface area contributed by atoms with Gasteiger partial charge in [-0.15, -0.1) is 0 Å². The molecular formula is C48H55ClF3N7O5. The molecule has 1 atom stereocenters. The molecule has 1 aromatic heterocycles. The van der Waals surface area contributed by atoms with Gasteiger partial charge in [0.15, 0.2) is 5.82 Å². The summed E-state index contributed by atoms with van der Waals surface area (Å²) < 4.78 is 53.3. The van der Waals surface area contributed by atoms with E-state index in [4.69, 9.17) is 16.3 Å². The molecule has 3 aliphatic rings. The van der Waals surface area contributed by atoms with Crippen molar-refractivity contribution in [1.82, 2.24) is 30.0 Å². The molecular weight excluding hydrogens is 847 g/mol. The highest BCUT2D eigenvalue weighted by atomic mass is 35.5. The molecule has 3 fully saturated rings. The Morgan fingerprint density at radius 1 is 0.953 bits per heavy atom. The topological polar surface area (TPSA) is 128 Å². The molecule has 12 nitrogen and oxygen atoms in total. The molecule has 0 bridgehead atoms. The lowest BCUT2D eigenvalue weighted by molar-refractivity contribution is -0.137. The Kier molecular flexibility index (Phi) is 15.3. The molecule has 3 aromatic carbocycles. The molecule has 0 aliphatic carbocycles. The molecule has 4 aromatic rings. The van der Waals surface area contributed by atoms with Crippen molar-refractivity contribution in [2.75, 3.05) is 64.4 Å². The predicted octanol–water partition coefficient (Wildman–Crippen LogP) is 7.85. The van der Waals surface area contributed by atoms with Crippen molar-refractivity contribution in [3.63, 3.8) is 0 Å². The highest BCUT2D eigenvalue weighted by molar-refractivity contribution is 6.34. The van der Waals surface area contributed by atoms with Crippen LogP contribution >= 0.6 is 11.6 Å². The van der Waals surface area contributed by atoms with Crippen molar-refractivity contribution in [3.8, 4) is 16.9 Å². The van der Waals surface area contributed by atoms with Crippen LogP contribution in [-0.4, -0.2) is 114 Å². The van der Waals surface area contributed by atoms with E-state index in [9.17, 15) is 19.2 Å². The molecule has 0 radical (unpaired) electrons. The fourth-order valence-electron chi connectivity index (χ4n) is 9.17. The number of carbonyl (C=O) groups is 4. The third kappa shape index (κ3) is 10.6. The van der Waals surface area contributed by atoms with Crippen LogP contribution in [0.5, 0.6) is 5.75 Å². The van der Waals surface area contributed by atoms with E-state index in [1.165, 1.54) is 24.5 Å². The summed E-state index contributed by atoms with van der Waals surface area (Å²) in [5.74, 6) is -1.91. The summed E-state index contributed by atoms with van der Waals surface area (Å²) in [5.41, 5.74) is 1.79. The Morgan fingerprint density at radius 3 is 2.41 bits per heavy atom. The minimum atomic E-state index is -0.775. The number of nitrogens with zero attached hydrogens (tertiary/aromatic N) is 6. The number of piperazine rings is 1. The molecule has 16 heteroatoms. The molecule has 1 N–H and O–H groups in total. The van der Waals surface area contributed by atoms with Gasteiger partial charge in [0.2, 0.25) is 17.7 Å². The minimum Gasteiger partial charge on any atom is -0.493 e.